The van der Waals surface area contributed by atoms with E-state index < -0.39 is 5.97 Å². The first-order valence-electron chi connectivity index (χ1n) is 6.72. The van der Waals surface area contributed by atoms with Crippen molar-refractivity contribution in [2.45, 2.75) is 32.7 Å². The number of aliphatic carboxylic acids is 1. The van der Waals surface area contributed by atoms with Gasteiger partial charge in [-0.1, -0.05) is 18.2 Å². The molecule has 4 nitrogen and oxygen atoms in total. The van der Waals surface area contributed by atoms with Crippen LogP contribution < -0.4 is 4.90 Å². The van der Waals surface area contributed by atoms with Crippen molar-refractivity contribution < 1.29 is 14.6 Å². The zero-order valence-corrected chi connectivity index (χ0v) is 11.6. The molecule has 1 saturated heterocycles. The molecule has 0 amide bonds. The SMILES string of the molecule is Cc1cccc(C)c1N1CCOCC1CCC(=O)O. The number of aryl methyl sites for hydroxylation is 2. The van der Waals surface area contributed by atoms with Crippen molar-refractivity contribution in [1.82, 2.24) is 0 Å². The maximum Gasteiger partial charge on any atom is 0.303 e. The van der Waals surface area contributed by atoms with Gasteiger partial charge in [0.1, 0.15) is 0 Å². The van der Waals surface area contributed by atoms with Gasteiger partial charge < -0.3 is 14.7 Å². The molecule has 1 aromatic rings. The molecule has 1 aliphatic heterocycles. The van der Waals surface area contributed by atoms with Gasteiger partial charge in [0.25, 0.3) is 0 Å². The fourth-order valence-corrected chi connectivity index (χ4v) is 2.74. The first-order valence-corrected chi connectivity index (χ1v) is 6.72. The van der Waals surface area contributed by atoms with Crippen LogP contribution in [0.3, 0.4) is 0 Å². The number of anilines is 1. The van der Waals surface area contributed by atoms with E-state index in [0.29, 0.717) is 19.6 Å². The molecule has 1 fully saturated rings. The van der Waals surface area contributed by atoms with Crippen LogP contribution in [0.2, 0.25) is 0 Å². The van der Waals surface area contributed by atoms with E-state index in [2.05, 4.69) is 36.9 Å². The third-order valence-corrected chi connectivity index (χ3v) is 3.65. The maximum absolute atomic E-state index is 10.8. The van der Waals surface area contributed by atoms with E-state index in [1.807, 2.05) is 0 Å². The molecule has 0 bridgehead atoms. The Hall–Kier alpha value is -1.55. The lowest BCUT2D eigenvalue weighted by Gasteiger charge is -2.39. The van der Waals surface area contributed by atoms with Crippen LogP contribution >= 0.6 is 0 Å². The van der Waals surface area contributed by atoms with Crippen LogP contribution in [0.4, 0.5) is 5.69 Å². The fourth-order valence-electron chi connectivity index (χ4n) is 2.74. The third-order valence-electron chi connectivity index (χ3n) is 3.65. The number of morpholine rings is 1. The fraction of sp³-hybridized carbons (Fsp3) is 0.533. The van der Waals surface area contributed by atoms with E-state index in [1.165, 1.54) is 16.8 Å². The Balaban J connectivity index is 2.21. The Kier molecular flexibility index (Phi) is 4.43. The van der Waals surface area contributed by atoms with Crippen molar-refractivity contribution in [3.05, 3.63) is 29.3 Å². The first kappa shape index (κ1) is 13.9. The van der Waals surface area contributed by atoms with E-state index in [-0.39, 0.29) is 12.5 Å². The lowest BCUT2D eigenvalue weighted by Crippen LogP contribution is -2.46. The summed E-state index contributed by atoms with van der Waals surface area (Å²) in [6.07, 6.45) is 0.818. The molecule has 1 aromatic carbocycles. The number of para-hydroxylation sites is 1. The maximum atomic E-state index is 10.8. The van der Waals surface area contributed by atoms with Crippen LogP contribution in [0, 0.1) is 13.8 Å². The van der Waals surface area contributed by atoms with Gasteiger partial charge >= 0.3 is 5.97 Å². The summed E-state index contributed by atoms with van der Waals surface area (Å²) in [4.78, 5) is 13.1. The summed E-state index contributed by atoms with van der Waals surface area (Å²) < 4.78 is 5.51. The van der Waals surface area contributed by atoms with Gasteiger partial charge in [0.05, 0.1) is 19.3 Å². The number of carboxylic acid groups (broad SMARTS) is 1. The Morgan fingerprint density at radius 1 is 1.42 bits per heavy atom. The smallest absolute Gasteiger partial charge is 0.303 e. The van der Waals surface area contributed by atoms with E-state index in [0.717, 1.165) is 6.54 Å². The second kappa shape index (κ2) is 6.06. The number of carbonyl (C=O) groups is 1. The monoisotopic (exact) mass is 263 g/mol. The lowest BCUT2D eigenvalue weighted by atomic mass is 10.0. The van der Waals surface area contributed by atoms with E-state index in [1.54, 1.807) is 0 Å². The molecule has 1 unspecified atom stereocenters. The summed E-state index contributed by atoms with van der Waals surface area (Å²) in [6, 6.07) is 6.42. The van der Waals surface area contributed by atoms with Crippen LogP contribution in [0.15, 0.2) is 18.2 Å². The van der Waals surface area contributed by atoms with Crippen LogP contribution in [0.25, 0.3) is 0 Å². The number of nitrogens with zero attached hydrogens (tertiary/aromatic N) is 1. The number of hydrogen-bond acceptors (Lipinski definition) is 3. The van der Waals surface area contributed by atoms with Gasteiger partial charge in [-0.05, 0) is 31.4 Å². The molecule has 2 rings (SSSR count). The molecule has 19 heavy (non-hydrogen) atoms. The van der Waals surface area contributed by atoms with Crippen LogP contribution in [0.5, 0.6) is 0 Å². The van der Waals surface area contributed by atoms with Gasteiger partial charge in [0, 0.05) is 18.7 Å². The summed E-state index contributed by atoms with van der Waals surface area (Å²) >= 11 is 0. The molecule has 1 aliphatic rings. The molecule has 1 heterocycles. The second-order valence-corrected chi connectivity index (χ2v) is 5.09. The summed E-state index contributed by atoms with van der Waals surface area (Å²) in [5.74, 6) is -0.743. The topological polar surface area (TPSA) is 49.8 Å². The quantitative estimate of drug-likeness (QED) is 0.906. The standard InChI is InChI=1S/C15H21NO3/c1-11-4-3-5-12(2)15(11)16-8-9-19-10-13(16)6-7-14(17)18/h3-5,13H,6-10H2,1-2H3,(H,17,18). The average Bonchev–Trinajstić information content (AvgIpc) is 2.37. The van der Waals surface area contributed by atoms with Crippen LogP contribution in [0.1, 0.15) is 24.0 Å². The molecule has 0 spiro atoms. The Labute approximate surface area is 114 Å². The van der Waals surface area contributed by atoms with E-state index >= 15 is 0 Å². The van der Waals surface area contributed by atoms with Crippen molar-refractivity contribution >= 4 is 11.7 Å². The molecule has 4 heteroatoms. The number of carboxylic acids is 1. The van der Waals surface area contributed by atoms with Crippen molar-refractivity contribution in [3.8, 4) is 0 Å². The minimum atomic E-state index is -0.743. The molecule has 0 radical (unpaired) electrons. The predicted octanol–water partition coefficient (Wildman–Crippen LogP) is 2.37. The normalized spacial score (nSPS) is 19.5. The largest absolute Gasteiger partial charge is 0.481 e. The molecule has 1 atom stereocenters. The van der Waals surface area contributed by atoms with Crippen LogP contribution in [-0.2, 0) is 9.53 Å². The number of ether oxygens (including phenoxy) is 1. The highest BCUT2D eigenvalue weighted by Crippen LogP contribution is 2.29. The summed E-state index contributed by atoms with van der Waals surface area (Å²) in [5, 5.41) is 8.85. The lowest BCUT2D eigenvalue weighted by molar-refractivity contribution is -0.137. The molecular formula is C15H21NO3. The van der Waals surface area contributed by atoms with Gasteiger partial charge in [-0.15, -0.1) is 0 Å². The predicted molar refractivity (Wildman–Crippen MR) is 74.7 cm³/mol. The number of benzene rings is 1. The van der Waals surface area contributed by atoms with Gasteiger partial charge in [-0.3, -0.25) is 4.79 Å². The third kappa shape index (κ3) is 3.26. The van der Waals surface area contributed by atoms with Gasteiger partial charge in [-0.25, -0.2) is 0 Å². The van der Waals surface area contributed by atoms with Gasteiger partial charge in [0.15, 0.2) is 0 Å². The van der Waals surface area contributed by atoms with E-state index in [4.69, 9.17) is 9.84 Å². The van der Waals surface area contributed by atoms with Crippen molar-refractivity contribution in [2.24, 2.45) is 0 Å². The Morgan fingerprint density at radius 2 is 2.11 bits per heavy atom. The highest BCUT2D eigenvalue weighted by atomic mass is 16.5. The van der Waals surface area contributed by atoms with Crippen molar-refractivity contribution in [2.75, 3.05) is 24.7 Å². The Morgan fingerprint density at radius 3 is 2.74 bits per heavy atom. The molecular weight excluding hydrogens is 242 g/mol. The molecule has 0 aromatic heterocycles. The summed E-state index contributed by atoms with van der Waals surface area (Å²) in [6.45, 7) is 6.35. The molecule has 104 valence electrons. The van der Waals surface area contributed by atoms with E-state index in [9.17, 15) is 4.79 Å². The van der Waals surface area contributed by atoms with Gasteiger partial charge in [-0.2, -0.15) is 0 Å². The highest BCUT2D eigenvalue weighted by Gasteiger charge is 2.25. The summed E-state index contributed by atoms with van der Waals surface area (Å²) in [5.41, 5.74) is 3.71. The molecule has 1 N–H and O–H groups in total. The number of rotatable bonds is 4. The second-order valence-electron chi connectivity index (χ2n) is 5.09. The Bertz CT molecular complexity index is 438. The zero-order valence-electron chi connectivity index (χ0n) is 11.6. The zero-order chi connectivity index (χ0) is 13.8. The molecule has 0 aliphatic carbocycles. The minimum absolute atomic E-state index is 0.157. The van der Waals surface area contributed by atoms with Crippen LogP contribution in [-0.4, -0.2) is 36.9 Å². The summed E-state index contributed by atoms with van der Waals surface area (Å²) in [7, 11) is 0. The molecule has 0 saturated carbocycles. The van der Waals surface area contributed by atoms with Crippen molar-refractivity contribution in [3.63, 3.8) is 0 Å². The highest BCUT2D eigenvalue weighted by molar-refractivity contribution is 5.67. The van der Waals surface area contributed by atoms with Gasteiger partial charge in [0.2, 0.25) is 0 Å². The minimum Gasteiger partial charge on any atom is -0.481 e. The number of hydrogen-bond donors (Lipinski definition) is 1. The average molecular weight is 263 g/mol. The van der Waals surface area contributed by atoms with Crippen molar-refractivity contribution in [1.29, 1.82) is 0 Å². The first-order chi connectivity index (χ1) is 9.09.